The minimum atomic E-state index is -3.88. The zero-order valence-electron chi connectivity index (χ0n) is 13.4. The van der Waals surface area contributed by atoms with Gasteiger partial charge in [0.2, 0.25) is 5.96 Å². The van der Waals surface area contributed by atoms with Crippen LogP contribution in [0.3, 0.4) is 0 Å². The van der Waals surface area contributed by atoms with Crippen LogP contribution in [-0.4, -0.2) is 48.0 Å². The van der Waals surface area contributed by atoms with Gasteiger partial charge in [0.1, 0.15) is 0 Å². The molecule has 3 heterocycles. The summed E-state index contributed by atoms with van der Waals surface area (Å²) >= 11 is 1.23. The molecule has 1 unspecified atom stereocenters. The molecule has 0 radical (unpaired) electrons. The molecular weight excluding hydrogens is 348 g/mol. The van der Waals surface area contributed by atoms with E-state index in [9.17, 15) is 8.42 Å². The minimum Gasteiger partial charge on any atom is -0.251 e. The molecule has 24 heavy (non-hydrogen) atoms. The summed E-state index contributed by atoms with van der Waals surface area (Å²) in [5.41, 5.74) is 0. The molecule has 10 heteroatoms. The topological polar surface area (TPSA) is 99.9 Å². The predicted molar refractivity (Wildman–Crippen MR) is 94.7 cm³/mol. The average Bonchev–Trinajstić information content (AvgIpc) is 3.22. The van der Waals surface area contributed by atoms with Crippen LogP contribution in [0.25, 0.3) is 10.1 Å². The van der Waals surface area contributed by atoms with E-state index >= 15 is 0 Å². The molecule has 1 atom stereocenters. The molecule has 1 aliphatic rings. The molecule has 0 fully saturated rings. The number of nitrogens with one attached hydrogen (secondary N) is 1. The summed E-state index contributed by atoms with van der Waals surface area (Å²) in [5.74, 6) is 0.505. The van der Waals surface area contributed by atoms with E-state index in [0.717, 1.165) is 11.1 Å². The molecule has 0 amide bonds. The van der Waals surface area contributed by atoms with Crippen LogP contribution >= 0.6 is 11.5 Å². The van der Waals surface area contributed by atoms with Crippen LogP contribution in [0.5, 0.6) is 0 Å². The van der Waals surface area contributed by atoms with Crippen LogP contribution < -0.4 is 4.72 Å². The SMILES string of the molecule is CCN=C(NS(=O)(=O)c1nccc2sncc12)N1CC(CC)C=N1. The van der Waals surface area contributed by atoms with Crippen LogP contribution in [0.15, 0.2) is 33.6 Å². The van der Waals surface area contributed by atoms with Gasteiger partial charge in [0.05, 0.1) is 22.8 Å². The van der Waals surface area contributed by atoms with Gasteiger partial charge in [-0.1, -0.05) is 6.92 Å². The van der Waals surface area contributed by atoms with Crippen molar-refractivity contribution in [2.24, 2.45) is 16.0 Å². The van der Waals surface area contributed by atoms with E-state index in [1.165, 1.54) is 23.9 Å². The van der Waals surface area contributed by atoms with E-state index in [1.54, 1.807) is 11.1 Å². The molecule has 1 N–H and O–H groups in total. The molecule has 0 saturated heterocycles. The number of aromatic nitrogens is 2. The first-order valence-electron chi connectivity index (χ1n) is 7.63. The first-order valence-corrected chi connectivity index (χ1v) is 9.89. The summed E-state index contributed by atoms with van der Waals surface area (Å²) in [6.07, 6.45) is 5.74. The Hall–Kier alpha value is -2.07. The average molecular weight is 366 g/mol. The van der Waals surface area contributed by atoms with Crippen molar-refractivity contribution in [2.75, 3.05) is 13.1 Å². The number of pyridine rings is 1. The van der Waals surface area contributed by atoms with E-state index < -0.39 is 10.0 Å². The number of rotatable bonds is 4. The molecule has 1 aliphatic heterocycles. The lowest BCUT2D eigenvalue weighted by Crippen LogP contribution is -2.41. The maximum absolute atomic E-state index is 12.8. The van der Waals surface area contributed by atoms with Crippen molar-refractivity contribution in [1.29, 1.82) is 0 Å². The largest absolute Gasteiger partial charge is 0.282 e. The maximum Gasteiger partial charge on any atom is 0.282 e. The number of hydrogen-bond donors (Lipinski definition) is 1. The van der Waals surface area contributed by atoms with Crippen molar-refractivity contribution in [1.82, 2.24) is 19.1 Å². The van der Waals surface area contributed by atoms with E-state index in [-0.39, 0.29) is 11.0 Å². The summed E-state index contributed by atoms with van der Waals surface area (Å²) in [6, 6.07) is 1.74. The Labute approximate surface area is 144 Å². The number of aliphatic imine (C=N–C) groups is 1. The van der Waals surface area contributed by atoms with Crippen molar-refractivity contribution in [3.8, 4) is 0 Å². The van der Waals surface area contributed by atoms with Gasteiger partial charge in [0.15, 0.2) is 5.03 Å². The lowest BCUT2D eigenvalue weighted by Gasteiger charge is -2.19. The molecule has 3 rings (SSSR count). The van der Waals surface area contributed by atoms with Gasteiger partial charge in [-0.25, -0.2) is 14.7 Å². The van der Waals surface area contributed by atoms with Crippen LogP contribution in [-0.2, 0) is 10.0 Å². The number of hydrazone groups is 1. The molecule has 0 bridgehead atoms. The Morgan fingerprint density at radius 1 is 1.50 bits per heavy atom. The molecule has 2 aromatic rings. The molecule has 2 aromatic heterocycles. The highest BCUT2D eigenvalue weighted by atomic mass is 32.2. The summed E-state index contributed by atoms with van der Waals surface area (Å²) < 4.78 is 32.9. The second-order valence-electron chi connectivity index (χ2n) is 5.27. The van der Waals surface area contributed by atoms with E-state index in [0.29, 0.717) is 24.4 Å². The van der Waals surface area contributed by atoms with Gasteiger partial charge in [0.25, 0.3) is 10.0 Å². The highest BCUT2D eigenvalue weighted by molar-refractivity contribution is 7.90. The second kappa shape index (κ2) is 6.81. The summed E-state index contributed by atoms with van der Waals surface area (Å²) in [6.45, 7) is 4.95. The Morgan fingerprint density at radius 3 is 3.04 bits per heavy atom. The van der Waals surface area contributed by atoms with Gasteiger partial charge in [-0.2, -0.15) is 17.9 Å². The molecule has 0 aliphatic carbocycles. The highest BCUT2D eigenvalue weighted by Crippen LogP contribution is 2.23. The summed E-state index contributed by atoms with van der Waals surface area (Å²) in [4.78, 5) is 8.28. The maximum atomic E-state index is 12.8. The van der Waals surface area contributed by atoms with Crippen molar-refractivity contribution >= 4 is 43.8 Å². The molecule has 128 valence electrons. The van der Waals surface area contributed by atoms with Crippen LogP contribution in [0.4, 0.5) is 0 Å². The summed E-state index contributed by atoms with van der Waals surface area (Å²) in [7, 11) is -3.88. The Balaban J connectivity index is 1.91. The zero-order chi connectivity index (χ0) is 17.2. The summed E-state index contributed by atoms with van der Waals surface area (Å²) in [5, 5.41) is 6.30. The predicted octanol–water partition coefficient (Wildman–Crippen LogP) is 1.67. The lowest BCUT2D eigenvalue weighted by atomic mass is 10.1. The molecule has 0 spiro atoms. The fourth-order valence-corrected chi connectivity index (χ4v) is 4.20. The fraction of sp³-hybridized carbons (Fsp3) is 0.429. The van der Waals surface area contributed by atoms with Crippen molar-refractivity contribution in [3.63, 3.8) is 0 Å². The van der Waals surface area contributed by atoms with Crippen molar-refractivity contribution in [3.05, 3.63) is 18.5 Å². The molecule has 0 saturated carbocycles. The van der Waals surface area contributed by atoms with E-state index in [1.807, 2.05) is 13.1 Å². The molecule has 0 aromatic carbocycles. The smallest absolute Gasteiger partial charge is 0.251 e. The van der Waals surface area contributed by atoms with E-state index in [2.05, 4.69) is 31.1 Å². The highest BCUT2D eigenvalue weighted by Gasteiger charge is 2.27. The standard InChI is InChI=1S/C14H18N6O2S2/c1-3-10-7-17-20(9-10)14(15-4-2)19-24(21,22)13-11-8-18-23-12(11)5-6-16-13/h5-8,10H,3-4,9H2,1-2H3,(H,15,19). The van der Waals surface area contributed by atoms with Crippen LogP contribution in [0.1, 0.15) is 20.3 Å². The van der Waals surface area contributed by atoms with Gasteiger partial charge >= 0.3 is 0 Å². The zero-order valence-corrected chi connectivity index (χ0v) is 15.0. The number of fused-ring (bicyclic) bond motifs is 1. The molecule has 8 nitrogen and oxygen atoms in total. The number of guanidine groups is 1. The van der Waals surface area contributed by atoms with Crippen molar-refractivity contribution in [2.45, 2.75) is 25.3 Å². The third-order valence-electron chi connectivity index (χ3n) is 3.63. The lowest BCUT2D eigenvalue weighted by molar-refractivity contribution is 0.429. The Morgan fingerprint density at radius 2 is 2.33 bits per heavy atom. The van der Waals surface area contributed by atoms with Crippen LogP contribution in [0, 0.1) is 5.92 Å². The third-order valence-corrected chi connectivity index (χ3v) is 5.68. The van der Waals surface area contributed by atoms with Gasteiger partial charge in [-0.15, -0.1) is 0 Å². The quantitative estimate of drug-likeness (QED) is 0.655. The Bertz CT molecular complexity index is 890. The molecular formula is C14H18N6O2S2. The van der Waals surface area contributed by atoms with Gasteiger partial charge in [0, 0.05) is 24.9 Å². The van der Waals surface area contributed by atoms with Crippen molar-refractivity contribution < 1.29 is 8.42 Å². The normalized spacial score (nSPS) is 18.5. The number of nitrogens with zero attached hydrogens (tertiary/aromatic N) is 5. The monoisotopic (exact) mass is 366 g/mol. The van der Waals surface area contributed by atoms with Gasteiger partial charge < -0.3 is 0 Å². The van der Waals surface area contributed by atoms with Crippen LogP contribution in [0.2, 0.25) is 0 Å². The number of sulfonamides is 1. The number of hydrogen-bond acceptors (Lipinski definition) is 7. The second-order valence-corrected chi connectivity index (χ2v) is 7.70. The first kappa shape index (κ1) is 16.8. The first-order chi connectivity index (χ1) is 11.5. The van der Waals surface area contributed by atoms with E-state index in [4.69, 9.17) is 0 Å². The van der Waals surface area contributed by atoms with Gasteiger partial charge in [-0.05, 0) is 30.9 Å². The van der Waals surface area contributed by atoms with Gasteiger partial charge in [-0.3, -0.25) is 4.99 Å². The minimum absolute atomic E-state index is 0.0484. The Kier molecular flexibility index (Phi) is 4.76. The fourth-order valence-electron chi connectivity index (χ4n) is 2.34. The third kappa shape index (κ3) is 3.24.